The highest BCUT2D eigenvalue weighted by Gasteiger charge is 2.28. The number of ether oxygens (including phenoxy) is 2. The van der Waals surface area contributed by atoms with E-state index in [2.05, 4.69) is 35.3 Å². The zero-order valence-corrected chi connectivity index (χ0v) is 11.5. The third kappa shape index (κ3) is 2.69. The molecule has 1 aromatic carbocycles. The summed E-state index contributed by atoms with van der Waals surface area (Å²) < 4.78 is 11.7. The summed E-state index contributed by atoms with van der Waals surface area (Å²) >= 11 is 0. The first-order valence-corrected chi connectivity index (χ1v) is 7.17. The zero-order chi connectivity index (χ0) is 13.1. The van der Waals surface area contributed by atoms with Gasteiger partial charge in [-0.05, 0) is 25.5 Å². The number of hydrogen-bond donors (Lipinski definition) is 1. The van der Waals surface area contributed by atoms with E-state index < -0.39 is 0 Å². The lowest BCUT2D eigenvalue weighted by molar-refractivity contribution is 0.0145. The number of rotatable bonds is 2. The molecule has 19 heavy (non-hydrogen) atoms. The number of morpholine rings is 1. The highest BCUT2D eigenvalue weighted by atomic mass is 16.5. The van der Waals surface area contributed by atoms with E-state index >= 15 is 0 Å². The fourth-order valence-corrected chi connectivity index (χ4v) is 2.87. The van der Waals surface area contributed by atoms with E-state index in [1.165, 1.54) is 5.69 Å². The average Bonchev–Trinajstić information content (AvgIpc) is 2.70. The van der Waals surface area contributed by atoms with Gasteiger partial charge < -0.3 is 19.7 Å². The molecule has 0 bridgehead atoms. The Bertz CT molecular complexity index is 418. The molecule has 1 fully saturated rings. The Kier molecular flexibility index (Phi) is 3.89. The van der Waals surface area contributed by atoms with Gasteiger partial charge in [-0.15, -0.1) is 0 Å². The van der Waals surface area contributed by atoms with Gasteiger partial charge in [0.25, 0.3) is 0 Å². The molecule has 1 saturated heterocycles. The van der Waals surface area contributed by atoms with E-state index in [0.717, 1.165) is 45.0 Å². The summed E-state index contributed by atoms with van der Waals surface area (Å²) in [6.07, 6.45) is 1.30. The fourth-order valence-electron chi connectivity index (χ4n) is 2.87. The van der Waals surface area contributed by atoms with Crippen LogP contribution in [-0.4, -0.2) is 45.0 Å². The Morgan fingerprint density at radius 1 is 1.32 bits per heavy atom. The molecule has 1 N–H and O–H groups in total. The smallest absolute Gasteiger partial charge is 0.142 e. The van der Waals surface area contributed by atoms with Gasteiger partial charge >= 0.3 is 0 Å². The number of para-hydroxylation sites is 2. The lowest BCUT2D eigenvalue weighted by atomic mass is 10.1. The number of benzene rings is 1. The van der Waals surface area contributed by atoms with Gasteiger partial charge in [0.2, 0.25) is 0 Å². The van der Waals surface area contributed by atoms with Gasteiger partial charge in [0.15, 0.2) is 0 Å². The first-order valence-electron chi connectivity index (χ1n) is 7.17. The van der Waals surface area contributed by atoms with E-state index in [-0.39, 0.29) is 6.10 Å². The molecule has 2 aliphatic heterocycles. The van der Waals surface area contributed by atoms with Crippen LogP contribution < -0.4 is 15.0 Å². The van der Waals surface area contributed by atoms with Gasteiger partial charge in [0.05, 0.1) is 31.0 Å². The largest absolute Gasteiger partial charge is 0.491 e. The van der Waals surface area contributed by atoms with Gasteiger partial charge in [-0.3, -0.25) is 0 Å². The molecule has 0 radical (unpaired) electrons. The maximum atomic E-state index is 5.90. The molecule has 4 nitrogen and oxygen atoms in total. The second-order valence-corrected chi connectivity index (χ2v) is 5.22. The molecule has 0 saturated carbocycles. The molecule has 104 valence electrons. The predicted molar refractivity (Wildman–Crippen MR) is 76.0 cm³/mol. The monoisotopic (exact) mass is 262 g/mol. The highest BCUT2D eigenvalue weighted by Crippen LogP contribution is 2.32. The lowest BCUT2D eigenvalue weighted by Crippen LogP contribution is -2.51. The van der Waals surface area contributed by atoms with Crippen molar-refractivity contribution in [3.8, 4) is 5.75 Å². The Hall–Kier alpha value is -1.26. The van der Waals surface area contributed by atoms with Crippen molar-refractivity contribution in [3.63, 3.8) is 0 Å². The second-order valence-electron chi connectivity index (χ2n) is 5.22. The van der Waals surface area contributed by atoms with Crippen LogP contribution in [0.25, 0.3) is 0 Å². The van der Waals surface area contributed by atoms with Crippen molar-refractivity contribution in [2.24, 2.45) is 0 Å². The average molecular weight is 262 g/mol. The van der Waals surface area contributed by atoms with Crippen LogP contribution in [0.2, 0.25) is 0 Å². The molecular weight excluding hydrogens is 240 g/mol. The summed E-state index contributed by atoms with van der Waals surface area (Å²) in [5.41, 5.74) is 1.20. The number of fused-ring (bicyclic) bond motifs is 1. The molecule has 1 aromatic rings. The van der Waals surface area contributed by atoms with E-state index in [9.17, 15) is 0 Å². The standard InChI is InChI=1S/C15H22N2O2/c1-12(15-11-16-7-10-19-15)17-8-4-9-18-14-6-3-2-5-13(14)17/h2-3,5-6,12,15-16H,4,7-11H2,1H3. The van der Waals surface area contributed by atoms with E-state index in [1.54, 1.807) is 0 Å². The third-order valence-electron chi connectivity index (χ3n) is 3.96. The maximum absolute atomic E-state index is 5.90. The molecule has 2 atom stereocenters. The molecule has 3 rings (SSSR count). The van der Waals surface area contributed by atoms with E-state index in [4.69, 9.17) is 9.47 Å². The van der Waals surface area contributed by atoms with Crippen LogP contribution in [0, 0.1) is 0 Å². The first-order chi connectivity index (χ1) is 9.36. The van der Waals surface area contributed by atoms with Crippen LogP contribution in [-0.2, 0) is 4.74 Å². The summed E-state index contributed by atoms with van der Waals surface area (Å²) in [4.78, 5) is 2.43. The van der Waals surface area contributed by atoms with Crippen LogP contribution in [0.15, 0.2) is 24.3 Å². The van der Waals surface area contributed by atoms with Crippen molar-refractivity contribution in [1.82, 2.24) is 5.32 Å². The van der Waals surface area contributed by atoms with E-state index in [1.807, 2.05) is 6.07 Å². The molecule has 2 aliphatic rings. The summed E-state index contributed by atoms with van der Waals surface area (Å²) in [5, 5.41) is 3.41. The van der Waals surface area contributed by atoms with Gasteiger partial charge in [-0.1, -0.05) is 12.1 Å². The lowest BCUT2D eigenvalue weighted by Gasteiger charge is -2.37. The number of nitrogens with one attached hydrogen (secondary N) is 1. The minimum Gasteiger partial charge on any atom is -0.491 e. The van der Waals surface area contributed by atoms with Crippen LogP contribution in [0.3, 0.4) is 0 Å². The predicted octanol–water partition coefficient (Wildman–Crippen LogP) is 1.65. The Morgan fingerprint density at radius 3 is 3.05 bits per heavy atom. The van der Waals surface area contributed by atoms with Crippen LogP contribution >= 0.6 is 0 Å². The number of nitrogens with zero attached hydrogens (tertiary/aromatic N) is 1. The zero-order valence-electron chi connectivity index (χ0n) is 11.5. The maximum Gasteiger partial charge on any atom is 0.142 e. The molecule has 0 amide bonds. The summed E-state index contributed by atoms with van der Waals surface area (Å²) in [6.45, 7) is 6.77. The van der Waals surface area contributed by atoms with Crippen LogP contribution in [0.5, 0.6) is 5.75 Å². The SMILES string of the molecule is CC(C1CNCCO1)N1CCCOc2ccccc21. The minimum atomic E-state index is 0.250. The highest BCUT2D eigenvalue weighted by molar-refractivity contribution is 5.59. The summed E-state index contributed by atoms with van der Waals surface area (Å²) in [5.74, 6) is 0.996. The molecule has 2 heterocycles. The van der Waals surface area contributed by atoms with Gasteiger partial charge in [0, 0.05) is 19.6 Å². The molecule has 4 heteroatoms. The topological polar surface area (TPSA) is 33.7 Å². The Labute approximate surface area is 114 Å². The fraction of sp³-hybridized carbons (Fsp3) is 0.600. The van der Waals surface area contributed by atoms with Crippen molar-refractivity contribution in [3.05, 3.63) is 24.3 Å². The van der Waals surface area contributed by atoms with Gasteiger partial charge in [-0.25, -0.2) is 0 Å². The molecule has 0 aromatic heterocycles. The third-order valence-corrected chi connectivity index (χ3v) is 3.96. The van der Waals surface area contributed by atoms with Gasteiger partial charge in [-0.2, -0.15) is 0 Å². The summed E-state index contributed by atoms with van der Waals surface area (Å²) in [7, 11) is 0. The molecule has 0 spiro atoms. The Morgan fingerprint density at radius 2 is 2.21 bits per heavy atom. The Balaban J connectivity index is 1.82. The van der Waals surface area contributed by atoms with E-state index in [0.29, 0.717) is 6.04 Å². The van der Waals surface area contributed by atoms with Gasteiger partial charge in [0.1, 0.15) is 5.75 Å². The number of hydrogen-bond acceptors (Lipinski definition) is 4. The second kappa shape index (κ2) is 5.80. The summed E-state index contributed by atoms with van der Waals surface area (Å²) in [6, 6.07) is 8.67. The van der Waals surface area contributed by atoms with Crippen LogP contribution in [0.4, 0.5) is 5.69 Å². The van der Waals surface area contributed by atoms with Crippen molar-refractivity contribution in [1.29, 1.82) is 0 Å². The minimum absolute atomic E-state index is 0.250. The van der Waals surface area contributed by atoms with Crippen molar-refractivity contribution >= 4 is 5.69 Å². The number of anilines is 1. The quantitative estimate of drug-likeness (QED) is 0.879. The van der Waals surface area contributed by atoms with Crippen molar-refractivity contribution in [2.45, 2.75) is 25.5 Å². The molecule has 0 aliphatic carbocycles. The van der Waals surface area contributed by atoms with Crippen molar-refractivity contribution < 1.29 is 9.47 Å². The van der Waals surface area contributed by atoms with Crippen LogP contribution in [0.1, 0.15) is 13.3 Å². The molecular formula is C15H22N2O2. The first kappa shape index (κ1) is 12.8. The normalized spacial score (nSPS) is 25.1. The van der Waals surface area contributed by atoms with Crippen molar-refractivity contribution in [2.75, 3.05) is 37.7 Å². The molecule has 2 unspecified atom stereocenters.